The van der Waals surface area contributed by atoms with Gasteiger partial charge in [-0.15, -0.1) is 0 Å². The molecule has 2 aromatic rings. The smallest absolute Gasteiger partial charge is 0.259 e. The number of carbonyl (C=O) groups excluding carboxylic acids is 1. The highest BCUT2D eigenvalue weighted by Crippen LogP contribution is 2.39. The maximum atomic E-state index is 12.5. The summed E-state index contributed by atoms with van der Waals surface area (Å²) in [5.41, 5.74) is 1.04. The molecule has 6 heteroatoms. The van der Waals surface area contributed by atoms with E-state index in [-0.39, 0.29) is 5.91 Å². The molecule has 0 heterocycles. The second-order valence-electron chi connectivity index (χ2n) is 4.35. The molecule has 2 aromatic carbocycles. The molecule has 0 radical (unpaired) electrons. The number of halogens is 1. The van der Waals surface area contributed by atoms with Crippen LogP contribution in [-0.4, -0.2) is 27.2 Å². The summed E-state index contributed by atoms with van der Waals surface area (Å²) in [6.45, 7) is 0. The van der Waals surface area contributed by atoms with Crippen molar-refractivity contribution in [1.82, 2.24) is 0 Å². The van der Waals surface area contributed by atoms with Crippen LogP contribution in [0.2, 0.25) is 0 Å². The fourth-order valence-corrected chi connectivity index (χ4v) is 2.44. The average molecular weight is 366 g/mol. The molecule has 5 nitrogen and oxygen atoms in total. The van der Waals surface area contributed by atoms with Crippen LogP contribution < -0.4 is 19.5 Å². The molecule has 0 aliphatic rings. The van der Waals surface area contributed by atoms with Crippen LogP contribution in [0.1, 0.15) is 10.4 Å². The number of rotatable bonds is 5. The highest BCUT2D eigenvalue weighted by atomic mass is 79.9. The number of amides is 1. The predicted molar refractivity (Wildman–Crippen MR) is 88.2 cm³/mol. The molecular formula is C16H16BrNO4. The van der Waals surface area contributed by atoms with Crippen LogP contribution >= 0.6 is 15.9 Å². The average Bonchev–Trinajstić information content (AvgIpc) is 2.53. The summed E-state index contributed by atoms with van der Waals surface area (Å²) in [6.07, 6.45) is 0. The largest absolute Gasteiger partial charge is 0.493 e. The Labute approximate surface area is 137 Å². The third-order valence-electron chi connectivity index (χ3n) is 3.03. The highest BCUT2D eigenvalue weighted by molar-refractivity contribution is 9.10. The maximum Gasteiger partial charge on any atom is 0.259 e. The minimum atomic E-state index is -0.295. The molecule has 0 saturated heterocycles. The van der Waals surface area contributed by atoms with Crippen molar-refractivity contribution in [3.05, 3.63) is 46.4 Å². The lowest BCUT2D eigenvalue weighted by atomic mass is 10.1. The Kier molecular flexibility index (Phi) is 5.27. The van der Waals surface area contributed by atoms with Crippen molar-refractivity contribution in [2.45, 2.75) is 0 Å². The van der Waals surface area contributed by atoms with Gasteiger partial charge in [0.05, 0.1) is 26.9 Å². The Morgan fingerprint density at radius 3 is 2.32 bits per heavy atom. The molecule has 0 aliphatic carbocycles. The molecule has 0 bridgehead atoms. The van der Waals surface area contributed by atoms with Crippen molar-refractivity contribution in [3.63, 3.8) is 0 Å². The van der Waals surface area contributed by atoms with E-state index in [1.165, 1.54) is 21.3 Å². The predicted octanol–water partition coefficient (Wildman–Crippen LogP) is 3.73. The van der Waals surface area contributed by atoms with Crippen LogP contribution in [0.4, 0.5) is 5.69 Å². The van der Waals surface area contributed by atoms with E-state index in [0.29, 0.717) is 28.5 Å². The van der Waals surface area contributed by atoms with Crippen LogP contribution in [0, 0.1) is 0 Å². The van der Waals surface area contributed by atoms with Gasteiger partial charge in [-0.25, -0.2) is 0 Å². The first-order chi connectivity index (χ1) is 10.6. The third kappa shape index (κ3) is 3.33. The second-order valence-corrected chi connectivity index (χ2v) is 5.26. The number of nitrogens with one attached hydrogen (secondary N) is 1. The Morgan fingerprint density at radius 2 is 1.73 bits per heavy atom. The van der Waals surface area contributed by atoms with Crippen molar-refractivity contribution in [3.8, 4) is 17.2 Å². The van der Waals surface area contributed by atoms with Crippen molar-refractivity contribution in [2.75, 3.05) is 26.6 Å². The normalized spacial score (nSPS) is 10.0. The first-order valence-corrected chi connectivity index (χ1v) is 7.26. The Hall–Kier alpha value is -2.21. The summed E-state index contributed by atoms with van der Waals surface area (Å²) >= 11 is 3.37. The van der Waals surface area contributed by atoms with Crippen molar-refractivity contribution in [2.24, 2.45) is 0 Å². The molecule has 0 saturated carbocycles. The first kappa shape index (κ1) is 16.2. The van der Waals surface area contributed by atoms with Gasteiger partial charge < -0.3 is 19.5 Å². The van der Waals surface area contributed by atoms with Gasteiger partial charge in [-0.05, 0) is 30.3 Å². The number of ether oxygens (including phenoxy) is 3. The summed E-state index contributed by atoms with van der Waals surface area (Å²) in [7, 11) is 4.50. The number of anilines is 1. The molecule has 0 fully saturated rings. The van der Waals surface area contributed by atoms with Gasteiger partial charge in [0.15, 0.2) is 11.5 Å². The zero-order valence-corrected chi connectivity index (χ0v) is 14.1. The van der Waals surface area contributed by atoms with Gasteiger partial charge in [0, 0.05) is 10.2 Å². The summed E-state index contributed by atoms with van der Waals surface area (Å²) in [4.78, 5) is 12.5. The van der Waals surface area contributed by atoms with Crippen LogP contribution in [0.25, 0.3) is 0 Å². The molecule has 2 rings (SSSR count). The molecule has 1 amide bonds. The monoisotopic (exact) mass is 365 g/mol. The van der Waals surface area contributed by atoms with Gasteiger partial charge in [-0.3, -0.25) is 4.79 Å². The zero-order chi connectivity index (χ0) is 16.1. The minimum absolute atomic E-state index is 0.295. The van der Waals surface area contributed by atoms with E-state index in [0.717, 1.165) is 4.47 Å². The minimum Gasteiger partial charge on any atom is -0.493 e. The lowest BCUT2D eigenvalue weighted by Gasteiger charge is -2.15. The van der Waals surface area contributed by atoms with Gasteiger partial charge in [0.25, 0.3) is 5.91 Å². The van der Waals surface area contributed by atoms with Crippen LogP contribution in [0.5, 0.6) is 17.2 Å². The van der Waals surface area contributed by atoms with Crippen LogP contribution in [0.15, 0.2) is 40.9 Å². The van der Waals surface area contributed by atoms with Gasteiger partial charge in [0.2, 0.25) is 5.75 Å². The second kappa shape index (κ2) is 7.17. The number of hydrogen-bond donors (Lipinski definition) is 1. The molecule has 0 atom stereocenters. The van der Waals surface area contributed by atoms with E-state index in [2.05, 4.69) is 21.2 Å². The van der Waals surface area contributed by atoms with Gasteiger partial charge in [-0.1, -0.05) is 22.0 Å². The fourth-order valence-electron chi connectivity index (χ4n) is 2.04. The number of methoxy groups -OCH3 is 3. The standard InChI is InChI=1S/C16H16BrNO4/c1-20-13-8-7-12(14(21-2)15(13)22-3)16(19)18-11-6-4-5-10(17)9-11/h4-9H,1-3H3,(H,18,19). The quantitative estimate of drug-likeness (QED) is 0.876. The van der Waals surface area contributed by atoms with E-state index in [1.54, 1.807) is 18.2 Å². The van der Waals surface area contributed by atoms with E-state index in [9.17, 15) is 4.79 Å². The molecule has 0 aliphatic heterocycles. The lowest BCUT2D eigenvalue weighted by Crippen LogP contribution is -2.14. The Balaban J connectivity index is 2.37. The Bertz CT molecular complexity index is 688. The molecule has 116 valence electrons. The van der Waals surface area contributed by atoms with E-state index < -0.39 is 0 Å². The van der Waals surface area contributed by atoms with Crippen LogP contribution in [0.3, 0.4) is 0 Å². The lowest BCUT2D eigenvalue weighted by molar-refractivity contribution is 0.102. The molecular weight excluding hydrogens is 350 g/mol. The molecule has 0 spiro atoms. The number of carbonyl (C=O) groups is 1. The van der Waals surface area contributed by atoms with Crippen LogP contribution in [-0.2, 0) is 0 Å². The highest BCUT2D eigenvalue weighted by Gasteiger charge is 2.20. The number of benzene rings is 2. The Morgan fingerprint density at radius 1 is 1.00 bits per heavy atom. The topological polar surface area (TPSA) is 56.8 Å². The summed E-state index contributed by atoms with van der Waals surface area (Å²) < 4.78 is 16.7. The van der Waals surface area contributed by atoms with E-state index >= 15 is 0 Å². The maximum absolute atomic E-state index is 12.5. The van der Waals surface area contributed by atoms with Crippen molar-refractivity contribution < 1.29 is 19.0 Å². The van der Waals surface area contributed by atoms with Crippen molar-refractivity contribution in [1.29, 1.82) is 0 Å². The summed E-state index contributed by atoms with van der Waals surface area (Å²) in [5.74, 6) is 0.912. The molecule has 0 unspecified atom stereocenters. The molecule has 22 heavy (non-hydrogen) atoms. The van der Waals surface area contributed by atoms with E-state index in [4.69, 9.17) is 14.2 Å². The molecule has 1 N–H and O–H groups in total. The summed E-state index contributed by atoms with van der Waals surface area (Å²) in [5, 5.41) is 2.82. The van der Waals surface area contributed by atoms with Gasteiger partial charge in [0.1, 0.15) is 0 Å². The zero-order valence-electron chi connectivity index (χ0n) is 12.5. The van der Waals surface area contributed by atoms with Gasteiger partial charge >= 0.3 is 0 Å². The van der Waals surface area contributed by atoms with Crippen molar-refractivity contribution >= 4 is 27.5 Å². The molecule has 0 aromatic heterocycles. The fraction of sp³-hybridized carbons (Fsp3) is 0.188. The van der Waals surface area contributed by atoms with E-state index in [1.807, 2.05) is 18.2 Å². The summed E-state index contributed by atoms with van der Waals surface area (Å²) in [6, 6.07) is 10.6. The SMILES string of the molecule is COc1ccc(C(=O)Nc2cccc(Br)c2)c(OC)c1OC. The van der Waals surface area contributed by atoms with Gasteiger partial charge in [-0.2, -0.15) is 0 Å². The number of hydrogen-bond acceptors (Lipinski definition) is 4. The third-order valence-corrected chi connectivity index (χ3v) is 3.52. The first-order valence-electron chi connectivity index (χ1n) is 6.46.